The first kappa shape index (κ1) is 17.7. The molecule has 0 N–H and O–H groups in total. The lowest BCUT2D eigenvalue weighted by Crippen LogP contribution is -2.30. The summed E-state index contributed by atoms with van der Waals surface area (Å²) in [4.78, 5) is 6.46. The van der Waals surface area contributed by atoms with E-state index in [1.807, 2.05) is 44.2 Å². The topological polar surface area (TPSA) is 15.6 Å². The van der Waals surface area contributed by atoms with Gasteiger partial charge in [-0.3, -0.25) is 4.99 Å². The van der Waals surface area contributed by atoms with E-state index in [1.54, 1.807) is 7.05 Å². The molecule has 2 nitrogen and oxygen atoms in total. The molecule has 0 fully saturated rings. The van der Waals surface area contributed by atoms with Gasteiger partial charge in [0, 0.05) is 19.3 Å². The first-order valence-electron chi connectivity index (χ1n) is 7.53. The molecule has 0 aliphatic rings. The molecule has 0 amide bonds. The van der Waals surface area contributed by atoms with Crippen molar-refractivity contribution in [3.8, 4) is 0 Å². The Morgan fingerprint density at radius 3 is 2.50 bits per heavy atom. The molecule has 0 heterocycles. The second-order valence-corrected chi connectivity index (χ2v) is 4.96. The van der Waals surface area contributed by atoms with Gasteiger partial charge in [0.2, 0.25) is 0 Å². The summed E-state index contributed by atoms with van der Waals surface area (Å²) in [7, 11) is 1.81. The van der Waals surface area contributed by atoms with E-state index in [9.17, 15) is 0 Å². The van der Waals surface area contributed by atoms with Gasteiger partial charge in [0.15, 0.2) is 0 Å². The van der Waals surface area contributed by atoms with Crippen molar-refractivity contribution >= 4 is 5.84 Å². The zero-order chi connectivity index (χ0) is 16.4. The van der Waals surface area contributed by atoms with Crippen LogP contribution in [0.5, 0.6) is 0 Å². The summed E-state index contributed by atoms with van der Waals surface area (Å²) >= 11 is 0. The summed E-state index contributed by atoms with van der Waals surface area (Å²) in [6.07, 6.45) is 8.79. The van der Waals surface area contributed by atoms with E-state index in [-0.39, 0.29) is 0 Å². The maximum atomic E-state index is 4.32. The number of rotatable bonds is 7. The highest BCUT2D eigenvalue weighted by atomic mass is 15.2. The molecular formula is C20H26N2. The lowest BCUT2D eigenvalue weighted by molar-refractivity contribution is 0.523. The lowest BCUT2D eigenvalue weighted by Gasteiger charge is -2.27. The van der Waals surface area contributed by atoms with Crippen LogP contribution in [0.3, 0.4) is 0 Å². The second-order valence-electron chi connectivity index (χ2n) is 4.96. The minimum Gasteiger partial charge on any atom is -0.330 e. The van der Waals surface area contributed by atoms with E-state index in [2.05, 4.69) is 47.3 Å². The van der Waals surface area contributed by atoms with E-state index in [4.69, 9.17) is 0 Å². The van der Waals surface area contributed by atoms with E-state index < -0.39 is 0 Å². The van der Waals surface area contributed by atoms with Crippen LogP contribution in [0.2, 0.25) is 0 Å². The summed E-state index contributed by atoms with van der Waals surface area (Å²) in [5.41, 5.74) is 3.24. The van der Waals surface area contributed by atoms with Crippen LogP contribution in [0.15, 0.2) is 84.1 Å². The van der Waals surface area contributed by atoms with E-state index >= 15 is 0 Å². The van der Waals surface area contributed by atoms with Crippen LogP contribution in [0.4, 0.5) is 0 Å². The first-order valence-corrected chi connectivity index (χ1v) is 7.53. The van der Waals surface area contributed by atoms with Crippen molar-refractivity contribution in [2.24, 2.45) is 4.99 Å². The third kappa shape index (κ3) is 5.21. The van der Waals surface area contributed by atoms with Crippen LogP contribution < -0.4 is 0 Å². The summed E-state index contributed by atoms with van der Waals surface area (Å²) in [5, 5.41) is 0. The number of nitrogens with zero attached hydrogens (tertiary/aromatic N) is 2. The number of aliphatic imine (C=N–C) groups is 1. The number of hydrogen-bond acceptors (Lipinski definition) is 1. The minimum atomic E-state index is 0.840. The van der Waals surface area contributed by atoms with Crippen molar-refractivity contribution in [3.63, 3.8) is 0 Å². The summed E-state index contributed by atoms with van der Waals surface area (Å²) in [6, 6.07) is 10.5. The molecule has 1 aromatic rings. The van der Waals surface area contributed by atoms with Gasteiger partial charge in [0.1, 0.15) is 0 Å². The average molecular weight is 294 g/mol. The Morgan fingerprint density at radius 2 is 1.95 bits per heavy atom. The third-order valence-electron chi connectivity index (χ3n) is 3.53. The van der Waals surface area contributed by atoms with Crippen molar-refractivity contribution in [1.82, 2.24) is 4.90 Å². The van der Waals surface area contributed by atoms with Gasteiger partial charge < -0.3 is 4.90 Å². The van der Waals surface area contributed by atoms with Gasteiger partial charge in [0.25, 0.3) is 0 Å². The zero-order valence-corrected chi connectivity index (χ0v) is 13.9. The molecule has 0 saturated heterocycles. The first-order chi connectivity index (χ1) is 10.6. The van der Waals surface area contributed by atoms with Gasteiger partial charge in [-0.2, -0.15) is 0 Å². The van der Waals surface area contributed by atoms with Crippen molar-refractivity contribution in [2.75, 3.05) is 13.6 Å². The monoisotopic (exact) mass is 294 g/mol. The lowest BCUT2D eigenvalue weighted by atomic mass is 10.1. The molecule has 0 aliphatic heterocycles. The van der Waals surface area contributed by atoms with Gasteiger partial charge >= 0.3 is 0 Å². The fraction of sp³-hybridized carbons (Fsp3) is 0.250. The molecule has 0 unspecified atom stereocenters. The third-order valence-corrected chi connectivity index (χ3v) is 3.53. The normalized spacial score (nSPS) is 12.5. The standard InChI is InChI=1S/C20H26N2/c1-6-8-14-20(7-2)17(3)22(18(4)21-5)16-15-19-12-10-9-11-13-19/h6-14H,2-3,15-16H2,1,4-5H3/b8-6-,20-14+,21-18?. The minimum absolute atomic E-state index is 0.840. The van der Waals surface area contributed by atoms with Gasteiger partial charge in [-0.15, -0.1) is 0 Å². The smallest absolute Gasteiger partial charge is 0.0998 e. The van der Waals surface area contributed by atoms with Gasteiger partial charge in [-0.25, -0.2) is 0 Å². The molecule has 0 aliphatic carbocycles. The van der Waals surface area contributed by atoms with Crippen LogP contribution in [-0.4, -0.2) is 24.3 Å². The Balaban J connectivity index is 2.93. The molecule has 0 atom stereocenters. The number of hydrogen-bond donors (Lipinski definition) is 0. The Hall–Kier alpha value is -2.35. The second kappa shape index (κ2) is 9.56. The molecule has 2 heteroatoms. The van der Waals surface area contributed by atoms with Crippen molar-refractivity contribution < 1.29 is 0 Å². The van der Waals surface area contributed by atoms with E-state index in [0.717, 1.165) is 30.1 Å². The summed E-state index contributed by atoms with van der Waals surface area (Å²) in [5.74, 6) is 0.953. The van der Waals surface area contributed by atoms with E-state index in [1.165, 1.54) is 5.56 Å². The van der Waals surface area contributed by atoms with Gasteiger partial charge in [-0.05, 0) is 31.4 Å². The molecule has 1 rings (SSSR count). The van der Waals surface area contributed by atoms with Crippen LogP contribution in [-0.2, 0) is 6.42 Å². The largest absolute Gasteiger partial charge is 0.330 e. The molecular weight excluding hydrogens is 268 g/mol. The zero-order valence-electron chi connectivity index (χ0n) is 13.9. The highest BCUT2D eigenvalue weighted by Crippen LogP contribution is 2.17. The Bertz CT molecular complexity index is 577. The highest BCUT2D eigenvalue weighted by molar-refractivity contribution is 5.82. The fourth-order valence-electron chi connectivity index (χ4n) is 2.14. The van der Waals surface area contributed by atoms with Crippen LogP contribution in [0, 0.1) is 0 Å². The van der Waals surface area contributed by atoms with Gasteiger partial charge in [0.05, 0.1) is 5.84 Å². The molecule has 22 heavy (non-hydrogen) atoms. The van der Waals surface area contributed by atoms with E-state index in [0.29, 0.717) is 0 Å². The highest BCUT2D eigenvalue weighted by Gasteiger charge is 2.12. The molecule has 0 spiro atoms. The van der Waals surface area contributed by atoms with Gasteiger partial charge in [-0.1, -0.05) is 67.8 Å². The fourth-order valence-corrected chi connectivity index (χ4v) is 2.14. The van der Waals surface area contributed by atoms with Crippen molar-refractivity contribution in [1.29, 1.82) is 0 Å². The SMILES string of the molecule is C=C/C(=C\C=C/C)C(=C)N(CCc1ccccc1)C(C)=NC. The van der Waals surface area contributed by atoms with Crippen molar-refractivity contribution in [3.05, 3.63) is 84.6 Å². The van der Waals surface area contributed by atoms with Crippen molar-refractivity contribution in [2.45, 2.75) is 20.3 Å². The van der Waals surface area contributed by atoms with Crippen LogP contribution >= 0.6 is 0 Å². The molecule has 116 valence electrons. The Kier molecular flexibility index (Phi) is 7.69. The number of benzene rings is 1. The summed E-state index contributed by atoms with van der Waals surface area (Å²) in [6.45, 7) is 13.0. The predicted molar refractivity (Wildman–Crippen MR) is 98.1 cm³/mol. The maximum absolute atomic E-state index is 4.32. The summed E-state index contributed by atoms with van der Waals surface area (Å²) < 4.78 is 0. The maximum Gasteiger partial charge on any atom is 0.0998 e. The molecule has 0 bridgehead atoms. The van der Waals surface area contributed by atoms with Crippen LogP contribution in [0.1, 0.15) is 19.4 Å². The predicted octanol–water partition coefficient (Wildman–Crippen LogP) is 4.78. The molecule has 1 aromatic carbocycles. The Labute approximate surface area is 134 Å². The quantitative estimate of drug-likeness (QED) is 0.401. The number of amidine groups is 1. The average Bonchev–Trinajstić information content (AvgIpc) is 2.56. The van der Waals surface area contributed by atoms with Crippen LogP contribution in [0.25, 0.3) is 0 Å². The number of allylic oxidation sites excluding steroid dienone is 4. The molecule has 0 aromatic heterocycles. The molecule has 0 radical (unpaired) electrons. The molecule has 0 saturated carbocycles. The Morgan fingerprint density at radius 1 is 1.27 bits per heavy atom.